The lowest BCUT2D eigenvalue weighted by Crippen LogP contribution is -2.55. The van der Waals surface area contributed by atoms with Gasteiger partial charge in [-0.15, -0.1) is 25.6 Å². The smallest absolute Gasteiger partial charge is 0.405 e. The van der Waals surface area contributed by atoms with Gasteiger partial charge in [0, 0.05) is 12.5 Å². The van der Waals surface area contributed by atoms with Crippen molar-refractivity contribution < 1.29 is 22.7 Å². The number of benzene rings is 1. The van der Waals surface area contributed by atoms with Crippen LogP contribution >= 0.6 is 12.4 Å². The second-order valence-corrected chi connectivity index (χ2v) is 6.80. The molecule has 1 aliphatic rings. The standard InChI is InChI=1S/C17H23F3N2O2.ClH/c1-10(2)16(3,9-21)22-15(23)13-8-12(13)11-6-4-5-7-14(11)24-17(18,19)20;/h4-7,10,12-13H,8-9,21H2,1-3H3,(H,22,23);1H. The van der Waals surface area contributed by atoms with Gasteiger partial charge < -0.3 is 15.8 Å². The summed E-state index contributed by atoms with van der Waals surface area (Å²) in [6.45, 7) is 6.09. The molecule has 1 aromatic rings. The van der Waals surface area contributed by atoms with Crippen molar-refractivity contribution in [3.05, 3.63) is 29.8 Å². The van der Waals surface area contributed by atoms with Crippen LogP contribution in [0.4, 0.5) is 13.2 Å². The van der Waals surface area contributed by atoms with Gasteiger partial charge in [0.25, 0.3) is 0 Å². The average Bonchev–Trinajstić information content (AvgIpc) is 3.26. The molecule has 1 fully saturated rings. The number of alkyl halides is 3. The third kappa shape index (κ3) is 5.25. The maximum Gasteiger partial charge on any atom is 0.573 e. The molecule has 0 aromatic heterocycles. The Morgan fingerprint density at radius 1 is 1.36 bits per heavy atom. The summed E-state index contributed by atoms with van der Waals surface area (Å²) < 4.78 is 41.6. The van der Waals surface area contributed by atoms with Gasteiger partial charge >= 0.3 is 6.36 Å². The van der Waals surface area contributed by atoms with Gasteiger partial charge in [-0.05, 0) is 36.8 Å². The van der Waals surface area contributed by atoms with Crippen LogP contribution in [0.3, 0.4) is 0 Å². The Balaban J connectivity index is 0.00000312. The summed E-state index contributed by atoms with van der Waals surface area (Å²) in [5.74, 6) is -0.894. The molecule has 0 aliphatic heterocycles. The van der Waals surface area contributed by atoms with Gasteiger partial charge in [0.05, 0.1) is 5.54 Å². The first-order valence-electron chi connectivity index (χ1n) is 7.94. The van der Waals surface area contributed by atoms with Crippen LogP contribution in [0.25, 0.3) is 0 Å². The van der Waals surface area contributed by atoms with Gasteiger partial charge in [-0.3, -0.25) is 4.79 Å². The Hall–Kier alpha value is -1.47. The number of nitrogens with one attached hydrogen (secondary N) is 1. The van der Waals surface area contributed by atoms with E-state index in [0.29, 0.717) is 18.5 Å². The van der Waals surface area contributed by atoms with Gasteiger partial charge in [-0.2, -0.15) is 0 Å². The molecule has 1 saturated carbocycles. The molecule has 3 atom stereocenters. The summed E-state index contributed by atoms with van der Waals surface area (Å²) >= 11 is 0. The molecule has 142 valence electrons. The molecule has 8 heteroatoms. The highest BCUT2D eigenvalue weighted by Crippen LogP contribution is 2.51. The average molecular weight is 381 g/mol. The fraction of sp³-hybridized carbons (Fsp3) is 0.588. The van der Waals surface area contributed by atoms with Crippen LogP contribution < -0.4 is 15.8 Å². The van der Waals surface area contributed by atoms with Gasteiger partial charge in [-0.25, -0.2) is 0 Å². The molecule has 3 unspecified atom stereocenters. The second kappa shape index (κ2) is 7.83. The van der Waals surface area contributed by atoms with Gasteiger partial charge in [0.15, 0.2) is 0 Å². The monoisotopic (exact) mass is 380 g/mol. The van der Waals surface area contributed by atoms with Crippen molar-refractivity contribution in [2.24, 2.45) is 17.6 Å². The highest BCUT2D eigenvalue weighted by atomic mass is 35.5. The summed E-state index contributed by atoms with van der Waals surface area (Å²) in [7, 11) is 0. The van der Waals surface area contributed by atoms with Crippen LogP contribution in [0.15, 0.2) is 24.3 Å². The Bertz CT molecular complexity index is 610. The van der Waals surface area contributed by atoms with Crippen molar-refractivity contribution in [3.63, 3.8) is 0 Å². The molecule has 1 aromatic carbocycles. The molecular weight excluding hydrogens is 357 g/mol. The van der Waals surface area contributed by atoms with Crippen LogP contribution in [0, 0.1) is 11.8 Å². The van der Waals surface area contributed by atoms with E-state index in [1.807, 2.05) is 20.8 Å². The quantitative estimate of drug-likeness (QED) is 0.792. The molecule has 4 nitrogen and oxygen atoms in total. The van der Waals surface area contributed by atoms with E-state index in [0.717, 1.165) is 0 Å². The van der Waals surface area contributed by atoms with E-state index >= 15 is 0 Å². The SMILES string of the molecule is CC(C)C(C)(CN)NC(=O)C1CC1c1ccccc1OC(F)(F)F.Cl. The number of halogens is 4. The van der Waals surface area contributed by atoms with Crippen LogP contribution in [-0.2, 0) is 4.79 Å². The van der Waals surface area contributed by atoms with E-state index in [1.54, 1.807) is 12.1 Å². The number of hydrogen-bond acceptors (Lipinski definition) is 3. The molecule has 0 heterocycles. The highest BCUT2D eigenvalue weighted by molar-refractivity contribution is 5.85. The molecule has 25 heavy (non-hydrogen) atoms. The van der Waals surface area contributed by atoms with Crippen molar-refractivity contribution in [2.45, 2.75) is 45.0 Å². The van der Waals surface area contributed by atoms with Crippen LogP contribution in [0.1, 0.15) is 38.7 Å². The largest absolute Gasteiger partial charge is 0.573 e. The number of hydrogen-bond donors (Lipinski definition) is 2. The number of carbonyl (C=O) groups excluding carboxylic acids is 1. The maximum absolute atomic E-state index is 12.5. The lowest BCUT2D eigenvalue weighted by molar-refractivity contribution is -0.274. The zero-order chi connectivity index (χ0) is 18.1. The van der Waals surface area contributed by atoms with Crippen LogP contribution in [0.5, 0.6) is 5.75 Å². The van der Waals surface area contributed by atoms with E-state index in [1.165, 1.54) is 12.1 Å². The second-order valence-electron chi connectivity index (χ2n) is 6.80. The minimum atomic E-state index is -4.75. The zero-order valence-corrected chi connectivity index (χ0v) is 15.2. The molecule has 0 radical (unpaired) electrons. The minimum absolute atomic E-state index is 0. The minimum Gasteiger partial charge on any atom is -0.405 e. The van der Waals surface area contributed by atoms with Crippen LogP contribution in [-0.4, -0.2) is 24.4 Å². The number of amides is 1. The van der Waals surface area contributed by atoms with E-state index in [4.69, 9.17) is 5.73 Å². The number of nitrogens with two attached hydrogens (primary N) is 1. The van der Waals surface area contributed by atoms with Crippen molar-refractivity contribution in [3.8, 4) is 5.75 Å². The van der Waals surface area contributed by atoms with Crippen molar-refractivity contribution >= 4 is 18.3 Å². The number of para-hydroxylation sites is 1. The first-order chi connectivity index (χ1) is 11.1. The Kier molecular flexibility index (Phi) is 6.75. The summed E-state index contributed by atoms with van der Waals surface area (Å²) in [4.78, 5) is 12.4. The van der Waals surface area contributed by atoms with Crippen LogP contribution in [0.2, 0.25) is 0 Å². The summed E-state index contributed by atoms with van der Waals surface area (Å²) in [6.07, 6.45) is -4.25. The number of rotatable bonds is 6. The highest BCUT2D eigenvalue weighted by Gasteiger charge is 2.47. The molecule has 1 aliphatic carbocycles. The Labute approximate surface area is 151 Å². The third-order valence-corrected chi connectivity index (χ3v) is 4.78. The number of ether oxygens (including phenoxy) is 1. The van der Waals surface area contributed by atoms with E-state index in [9.17, 15) is 18.0 Å². The van der Waals surface area contributed by atoms with Gasteiger partial charge in [0.1, 0.15) is 5.75 Å². The third-order valence-electron chi connectivity index (χ3n) is 4.78. The molecular formula is C17H24ClF3N2O2. The predicted molar refractivity (Wildman–Crippen MR) is 91.7 cm³/mol. The molecule has 3 N–H and O–H groups in total. The maximum atomic E-state index is 12.5. The van der Waals surface area contributed by atoms with Gasteiger partial charge in [-0.1, -0.05) is 32.0 Å². The predicted octanol–water partition coefficient (Wildman–Crippen LogP) is 3.60. The van der Waals surface area contributed by atoms with E-state index < -0.39 is 11.9 Å². The Morgan fingerprint density at radius 2 is 1.96 bits per heavy atom. The lowest BCUT2D eigenvalue weighted by Gasteiger charge is -2.33. The summed E-state index contributed by atoms with van der Waals surface area (Å²) in [6, 6.07) is 5.97. The first-order valence-corrected chi connectivity index (χ1v) is 7.94. The van der Waals surface area contributed by atoms with E-state index in [2.05, 4.69) is 10.1 Å². The fourth-order valence-electron chi connectivity index (χ4n) is 2.64. The van der Waals surface area contributed by atoms with Crippen molar-refractivity contribution in [2.75, 3.05) is 6.54 Å². The molecule has 0 saturated heterocycles. The summed E-state index contributed by atoms with van der Waals surface area (Å²) in [5.41, 5.74) is 5.63. The Morgan fingerprint density at radius 3 is 2.48 bits per heavy atom. The normalized spacial score (nSPS) is 21.9. The molecule has 1 amide bonds. The van der Waals surface area contributed by atoms with Crippen molar-refractivity contribution in [1.82, 2.24) is 5.32 Å². The first kappa shape index (κ1) is 21.6. The number of carbonyl (C=O) groups is 1. The molecule has 0 bridgehead atoms. The summed E-state index contributed by atoms with van der Waals surface area (Å²) in [5, 5.41) is 2.94. The fourth-order valence-corrected chi connectivity index (χ4v) is 2.64. The lowest BCUT2D eigenvalue weighted by atomic mass is 9.88. The zero-order valence-electron chi connectivity index (χ0n) is 14.4. The van der Waals surface area contributed by atoms with Gasteiger partial charge in [0.2, 0.25) is 5.91 Å². The van der Waals surface area contributed by atoms with Crippen molar-refractivity contribution in [1.29, 1.82) is 0 Å². The van der Waals surface area contributed by atoms with E-state index in [-0.39, 0.29) is 41.8 Å². The topological polar surface area (TPSA) is 64.3 Å². The molecule has 2 rings (SSSR count). The molecule has 0 spiro atoms.